The zero-order valence-corrected chi connectivity index (χ0v) is 46.8. The second-order valence-corrected chi connectivity index (χ2v) is 23.9. The molecule has 0 bridgehead atoms. The summed E-state index contributed by atoms with van der Waals surface area (Å²) in [4.78, 5) is 9.80. The third kappa shape index (κ3) is 8.36. The lowest BCUT2D eigenvalue weighted by Crippen LogP contribution is -2.30. The Bertz CT molecular complexity index is 4350. The van der Waals surface area contributed by atoms with E-state index in [-0.39, 0.29) is 10.8 Å². The fraction of sp³-hybridized carbons (Fsp3) is 0.133. The smallest absolute Gasteiger partial charge is 0.137 e. The number of rotatable bonds is 9. The fourth-order valence-corrected chi connectivity index (χ4v) is 12.9. The maximum absolute atomic E-state index is 15.8. The molecule has 2 aromatic heterocycles. The Morgan fingerprint density at radius 2 is 1.02 bits per heavy atom. The Kier molecular flexibility index (Phi) is 11.9. The van der Waals surface area contributed by atoms with Gasteiger partial charge in [-0.25, -0.2) is 13.8 Å². The monoisotopic (exact) mass is 1070 g/mol. The van der Waals surface area contributed by atoms with Gasteiger partial charge >= 0.3 is 0 Å². The summed E-state index contributed by atoms with van der Waals surface area (Å²) in [5.74, 6) is 1.28. The zero-order valence-electron chi connectivity index (χ0n) is 46.8. The Morgan fingerprint density at radius 3 is 1.66 bits per heavy atom. The number of pyridine rings is 1. The van der Waals surface area contributed by atoms with Gasteiger partial charge in [0.15, 0.2) is 0 Å². The minimum atomic E-state index is -1.06. The SMILES string of the molecule is CC(C)(C)c1ccc(C2(c3cc(Oc4ccc5c6ccccc6n(-c6cc(C(C)(C)C)ccn6)c5c4)cc(N4CN(c5c(-c6ccccc6)cccc5-c5ccccc5)c5ccccc54)c3)c3ccc(F)cc3-c3cc(F)ccc32)cc1. The van der Waals surface area contributed by atoms with Crippen LogP contribution in [0.1, 0.15) is 74.9 Å². The van der Waals surface area contributed by atoms with Gasteiger partial charge < -0.3 is 14.5 Å². The molecule has 0 amide bonds. The molecule has 0 saturated carbocycles. The van der Waals surface area contributed by atoms with Crippen molar-refractivity contribution in [1.29, 1.82) is 0 Å². The Balaban J connectivity index is 1.01. The average molecular weight is 1070 g/mol. The van der Waals surface area contributed by atoms with E-state index in [2.05, 4.69) is 256 Å². The lowest BCUT2D eigenvalue weighted by molar-refractivity contribution is 0.482. The Morgan fingerprint density at radius 1 is 0.439 bits per heavy atom. The van der Waals surface area contributed by atoms with E-state index in [1.165, 1.54) is 23.3 Å². The Hall–Kier alpha value is -9.59. The van der Waals surface area contributed by atoms with E-state index in [0.717, 1.165) is 94.9 Å². The first-order valence-corrected chi connectivity index (χ1v) is 28.2. The van der Waals surface area contributed by atoms with Crippen LogP contribution in [-0.2, 0) is 16.2 Å². The summed E-state index contributed by atoms with van der Waals surface area (Å²) in [5.41, 5.74) is 16.4. The van der Waals surface area contributed by atoms with Crippen LogP contribution in [0.15, 0.2) is 243 Å². The molecule has 0 unspecified atom stereocenters. The summed E-state index contributed by atoms with van der Waals surface area (Å²) in [6.45, 7) is 13.8. The van der Waals surface area contributed by atoms with E-state index in [9.17, 15) is 0 Å². The first-order valence-electron chi connectivity index (χ1n) is 28.2. The first-order chi connectivity index (χ1) is 39.7. The summed E-state index contributed by atoms with van der Waals surface area (Å²) in [6.07, 6.45) is 1.90. The maximum Gasteiger partial charge on any atom is 0.137 e. The van der Waals surface area contributed by atoms with Gasteiger partial charge in [-0.15, -0.1) is 0 Å². The Labute approximate surface area is 478 Å². The topological polar surface area (TPSA) is 33.5 Å². The molecule has 0 atom stereocenters. The van der Waals surface area contributed by atoms with Crippen LogP contribution in [0.25, 0.3) is 61.0 Å². The van der Waals surface area contributed by atoms with E-state index < -0.39 is 17.0 Å². The molecule has 3 heterocycles. The van der Waals surface area contributed by atoms with Crippen LogP contribution < -0.4 is 14.5 Å². The van der Waals surface area contributed by atoms with E-state index in [0.29, 0.717) is 29.3 Å². The standard InChI is InChI=1S/C75H60F2N4O/c1-73(2,3)50-28-30-51(31-29-50)75(65-36-32-54(76)43-63(65)64-44-55(77)33-37-66(64)75)53-40-56(45-58(41-53)82-57-34-35-62-61-22-13-14-25-67(61)81(70(62)46-57)71-42-52(38-39-78-71)74(4,5)6)79-47-80(69-27-16-15-26-68(69)79)72-59(48-18-9-7-10-19-48)23-17-24-60(72)49-20-11-8-12-21-49/h7-46H,47H2,1-6H3. The molecule has 0 N–H and O–H groups in total. The van der Waals surface area contributed by atoms with Crippen molar-refractivity contribution >= 4 is 44.6 Å². The summed E-state index contributed by atoms with van der Waals surface area (Å²) in [7, 11) is 0. The van der Waals surface area contributed by atoms with Crippen LogP contribution >= 0.6 is 0 Å². The van der Waals surface area contributed by atoms with Crippen molar-refractivity contribution in [1.82, 2.24) is 9.55 Å². The summed E-state index contributed by atoms with van der Waals surface area (Å²) < 4.78 is 41.2. The van der Waals surface area contributed by atoms with Crippen molar-refractivity contribution in [2.45, 2.75) is 57.8 Å². The maximum atomic E-state index is 15.8. The van der Waals surface area contributed by atoms with Crippen molar-refractivity contribution in [2.75, 3.05) is 16.5 Å². The molecule has 0 radical (unpaired) electrons. The number of hydrogen-bond donors (Lipinski definition) is 0. The van der Waals surface area contributed by atoms with E-state index in [1.807, 2.05) is 18.3 Å². The minimum absolute atomic E-state index is 0.0928. The van der Waals surface area contributed by atoms with Crippen LogP contribution in [0.2, 0.25) is 0 Å². The molecule has 0 fully saturated rings. The van der Waals surface area contributed by atoms with Gasteiger partial charge in [0.25, 0.3) is 0 Å². The third-order valence-electron chi connectivity index (χ3n) is 16.8. The lowest BCUT2D eigenvalue weighted by atomic mass is 9.67. The molecule has 82 heavy (non-hydrogen) atoms. The normalized spacial score (nSPS) is 13.6. The third-order valence-corrected chi connectivity index (χ3v) is 16.8. The van der Waals surface area contributed by atoms with Crippen molar-refractivity contribution in [3.05, 3.63) is 288 Å². The molecule has 7 heteroatoms. The van der Waals surface area contributed by atoms with Gasteiger partial charge in [-0.2, -0.15) is 0 Å². The second-order valence-electron chi connectivity index (χ2n) is 23.9. The van der Waals surface area contributed by atoms with Crippen molar-refractivity contribution in [3.8, 4) is 50.7 Å². The highest BCUT2D eigenvalue weighted by Crippen LogP contribution is 2.59. The highest BCUT2D eigenvalue weighted by molar-refractivity contribution is 6.09. The summed E-state index contributed by atoms with van der Waals surface area (Å²) >= 11 is 0. The van der Waals surface area contributed by atoms with Gasteiger partial charge in [0.2, 0.25) is 0 Å². The fourth-order valence-electron chi connectivity index (χ4n) is 12.9. The van der Waals surface area contributed by atoms with Crippen molar-refractivity contribution in [3.63, 3.8) is 0 Å². The lowest BCUT2D eigenvalue weighted by Gasteiger charge is -2.35. The van der Waals surface area contributed by atoms with Gasteiger partial charge in [-0.05, 0) is 145 Å². The highest BCUT2D eigenvalue weighted by Gasteiger charge is 2.47. The van der Waals surface area contributed by atoms with Gasteiger partial charge in [0.1, 0.15) is 35.6 Å². The van der Waals surface area contributed by atoms with E-state index in [1.54, 1.807) is 12.1 Å². The number of aromatic nitrogens is 2. The summed E-state index contributed by atoms with van der Waals surface area (Å²) in [6, 6.07) is 80.8. The number of ether oxygens (including phenoxy) is 1. The number of anilines is 4. The minimum Gasteiger partial charge on any atom is -0.457 e. The number of fused-ring (bicyclic) bond motifs is 7. The highest BCUT2D eigenvalue weighted by atomic mass is 19.1. The van der Waals surface area contributed by atoms with Crippen LogP contribution in [0.3, 0.4) is 0 Å². The molecule has 1 aliphatic heterocycles. The second kappa shape index (κ2) is 19.3. The molecule has 14 rings (SSSR count). The molecule has 0 spiro atoms. The predicted octanol–water partition coefficient (Wildman–Crippen LogP) is 19.8. The van der Waals surface area contributed by atoms with Gasteiger partial charge in [0.05, 0.1) is 33.5 Å². The first kappa shape index (κ1) is 50.6. The molecular formula is C75H60F2N4O. The van der Waals surface area contributed by atoms with Gasteiger partial charge in [-0.3, -0.25) is 4.57 Å². The molecule has 0 saturated heterocycles. The predicted molar refractivity (Wildman–Crippen MR) is 333 cm³/mol. The largest absolute Gasteiger partial charge is 0.457 e. The zero-order chi connectivity index (χ0) is 56.1. The van der Waals surface area contributed by atoms with Crippen LogP contribution in [-0.4, -0.2) is 16.2 Å². The molecule has 12 aromatic rings. The number of halogens is 2. The quantitative estimate of drug-likeness (QED) is 0.144. The molecule has 5 nitrogen and oxygen atoms in total. The molecular weight excluding hydrogens is 1010 g/mol. The number of hydrogen-bond acceptors (Lipinski definition) is 4. The van der Waals surface area contributed by atoms with Gasteiger partial charge in [-0.1, -0.05) is 187 Å². The average Bonchev–Trinajstić information content (AvgIpc) is 1.81. The van der Waals surface area contributed by atoms with E-state index >= 15 is 8.78 Å². The van der Waals surface area contributed by atoms with E-state index in [4.69, 9.17) is 9.72 Å². The number of benzene rings is 10. The van der Waals surface area contributed by atoms with Crippen molar-refractivity contribution in [2.24, 2.45) is 0 Å². The number of para-hydroxylation sites is 4. The number of nitrogens with zero attached hydrogens (tertiary/aromatic N) is 4. The summed E-state index contributed by atoms with van der Waals surface area (Å²) in [5, 5.41) is 2.19. The van der Waals surface area contributed by atoms with Crippen LogP contribution in [0, 0.1) is 11.6 Å². The van der Waals surface area contributed by atoms with Crippen LogP contribution in [0.5, 0.6) is 11.5 Å². The van der Waals surface area contributed by atoms with Crippen molar-refractivity contribution < 1.29 is 13.5 Å². The van der Waals surface area contributed by atoms with Gasteiger partial charge in [0, 0.05) is 45.9 Å². The molecule has 10 aromatic carbocycles. The van der Waals surface area contributed by atoms with Crippen LogP contribution in [0.4, 0.5) is 31.5 Å². The molecule has 1 aliphatic carbocycles. The molecule has 400 valence electrons. The molecule has 2 aliphatic rings.